The van der Waals surface area contributed by atoms with Gasteiger partial charge in [0.15, 0.2) is 0 Å². The molecule has 0 heterocycles. The van der Waals surface area contributed by atoms with Gasteiger partial charge in [-0.1, -0.05) is 6.07 Å². The van der Waals surface area contributed by atoms with Crippen LogP contribution >= 0.6 is 0 Å². The van der Waals surface area contributed by atoms with Gasteiger partial charge in [-0.25, -0.2) is 0 Å². The van der Waals surface area contributed by atoms with E-state index in [9.17, 15) is 10.1 Å². The highest BCUT2D eigenvalue weighted by Crippen LogP contribution is 2.27. The number of rotatable bonds is 3. The van der Waals surface area contributed by atoms with Crippen LogP contribution in [0.15, 0.2) is 36.4 Å². The highest BCUT2D eigenvalue weighted by Gasteiger charge is 2.08. The molecule has 0 aliphatic rings. The Kier molecular flexibility index (Phi) is 3.37. The number of nitrogens with two attached hydrogens (primary N) is 1. The average Bonchev–Trinajstić information content (AvgIpc) is 2.30. The molecule has 0 spiro atoms. The van der Waals surface area contributed by atoms with Crippen molar-refractivity contribution in [2.45, 2.75) is 13.8 Å². The molecule has 0 bridgehead atoms. The number of nitrogens with one attached hydrogen (secondary N) is 1. The summed E-state index contributed by atoms with van der Waals surface area (Å²) in [4.78, 5) is 10.2. The van der Waals surface area contributed by atoms with Crippen LogP contribution in [-0.2, 0) is 0 Å². The molecule has 0 radical (unpaired) electrons. The first-order chi connectivity index (χ1) is 8.95. The summed E-state index contributed by atoms with van der Waals surface area (Å²) in [5.41, 5.74) is 10.0. The van der Waals surface area contributed by atoms with Gasteiger partial charge in [-0.05, 0) is 43.2 Å². The first-order valence-corrected chi connectivity index (χ1v) is 5.85. The Balaban J connectivity index is 2.30. The molecule has 0 fully saturated rings. The molecule has 0 amide bonds. The Hall–Kier alpha value is -2.56. The van der Waals surface area contributed by atoms with E-state index in [2.05, 4.69) is 11.4 Å². The van der Waals surface area contributed by atoms with Gasteiger partial charge in [0.1, 0.15) is 0 Å². The van der Waals surface area contributed by atoms with E-state index >= 15 is 0 Å². The third kappa shape index (κ3) is 3.01. The zero-order valence-electron chi connectivity index (χ0n) is 10.8. The first kappa shape index (κ1) is 12.9. The fraction of sp³-hybridized carbons (Fsp3) is 0.143. The SMILES string of the molecule is Cc1cc(C)cc(Nc2ccc([N+](=O)[O-])cc2N)c1. The van der Waals surface area contributed by atoms with Crippen LogP contribution in [0.5, 0.6) is 0 Å². The zero-order valence-corrected chi connectivity index (χ0v) is 10.8. The second kappa shape index (κ2) is 4.97. The topological polar surface area (TPSA) is 81.2 Å². The molecule has 19 heavy (non-hydrogen) atoms. The monoisotopic (exact) mass is 257 g/mol. The van der Waals surface area contributed by atoms with Gasteiger partial charge >= 0.3 is 0 Å². The van der Waals surface area contributed by atoms with E-state index in [0.29, 0.717) is 11.4 Å². The number of hydrogen-bond donors (Lipinski definition) is 2. The minimum atomic E-state index is -0.461. The van der Waals surface area contributed by atoms with Gasteiger partial charge in [-0.15, -0.1) is 0 Å². The molecular formula is C14H15N3O2. The second-order valence-electron chi connectivity index (χ2n) is 4.53. The molecule has 98 valence electrons. The van der Waals surface area contributed by atoms with Crippen LogP contribution in [0.3, 0.4) is 0 Å². The molecule has 2 aromatic rings. The molecule has 5 heteroatoms. The number of benzene rings is 2. The Morgan fingerprint density at radius 1 is 1.11 bits per heavy atom. The lowest BCUT2D eigenvalue weighted by Crippen LogP contribution is -1.98. The van der Waals surface area contributed by atoms with Crippen molar-refractivity contribution in [1.82, 2.24) is 0 Å². The van der Waals surface area contributed by atoms with E-state index in [1.54, 1.807) is 6.07 Å². The molecular weight excluding hydrogens is 242 g/mol. The molecule has 0 aliphatic carbocycles. The second-order valence-corrected chi connectivity index (χ2v) is 4.53. The van der Waals surface area contributed by atoms with Crippen molar-refractivity contribution in [3.8, 4) is 0 Å². The molecule has 0 aliphatic heterocycles. The van der Waals surface area contributed by atoms with E-state index in [1.807, 2.05) is 26.0 Å². The highest BCUT2D eigenvalue weighted by atomic mass is 16.6. The van der Waals surface area contributed by atoms with Gasteiger partial charge in [-0.3, -0.25) is 10.1 Å². The molecule has 0 aromatic heterocycles. The minimum absolute atomic E-state index is 0.0107. The van der Waals surface area contributed by atoms with Gasteiger partial charge in [0.05, 0.1) is 16.3 Å². The largest absolute Gasteiger partial charge is 0.397 e. The van der Waals surface area contributed by atoms with Crippen molar-refractivity contribution in [3.05, 3.63) is 57.6 Å². The fourth-order valence-corrected chi connectivity index (χ4v) is 1.98. The van der Waals surface area contributed by atoms with Crippen LogP contribution in [0.4, 0.5) is 22.7 Å². The van der Waals surface area contributed by atoms with Crippen LogP contribution in [0.2, 0.25) is 0 Å². The van der Waals surface area contributed by atoms with E-state index in [0.717, 1.165) is 16.8 Å². The summed E-state index contributed by atoms with van der Waals surface area (Å²) in [5.74, 6) is 0. The molecule has 0 saturated heterocycles. The molecule has 2 aromatic carbocycles. The van der Waals surface area contributed by atoms with Crippen molar-refractivity contribution >= 4 is 22.7 Å². The zero-order chi connectivity index (χ0) is 14.0. The van der Waals surface area contributed by atoms with Gasteiger partial charge in [-0.2, -0.15) is 0 Å². The third-order valence-electron chi connectivity index (χ3n) is 2.75. The number of aryl methyl sites for hydroxylation is 2. The quantitative estimate of drug-likeness (QED) is 0.500. The Morgan fingerprint density at radius 3 is 2.26 bits per heavy atom. The molecule has 3 N–H and O–H groups in total. The number of nitro benzene ring substituents is 1. The van der Waals surface area contributed by atoms with Crippen LogP contribution < -0.4 is 11.1 Å². The maximum absolute atomic E-state index is 10.6. The molecule has 0 saturated carbocycles. The number of anilines is 3. The number of hydrogen-bond acceptors (Lipinski definition) is 4. The molecule has 5 nitrogen and oxygen atoms in total. The molecule has 0 unspecified atom stereocenters. The number of nitro groups is 1. The smallest absolute Gasteiger partial charge is 0.271 e. The average molecular weight is 257 g/mol. The summed E-state index contributed by atoms with van der Waals surface area (Å²) in [7, 11) is 0. The lowest BCUT2D eigenvalue weighted by atomic mass is 10.1. The van der Waals surface area contributed by atoms with Crippen LogP contribution in [0, 0.1) is 24.0 Å². The van der Waals surface area contributed by atoms with Crippen LogP contribution in [0.1, 0.15) is 11.1 Å². The van der Waals surface area contributed by atoms with Crippen molar-refractivity contribution in [3.63, 3.8) is 0 Å². The lowest BCUT2D eigenvalue weighted by molar-refractivity contribution is -0.384. The summed E-state index contributed by atoms with van der Waals surface area (Å²) in [6, 6.07) is 10.5. The minimum Gasteiger partial charge on any atom is -0.397 e. The summed E-state index contributed by atoms with van der Waals surface area (Å²) < 4.78 is 0. The van der Waals surface area contributed by atoms with Crippen LogP contribution in [0.25, 0.3) is 0 Å². The number of nitrogen functional groups attached to an aromatic ring is 1. The van der Waals surface area contributed by atoms with Gasteiger partial charge in [0, 0.05) is 17.8 Å². The van der Waals surface area contributed by atoms with Crippen molar-refractivity contribution in [2.75, 3.05) is 11.1 Å². The van der Waals surface area contributed by atoms with Crippen molar-refractivity contribution < 1.29 is 4.92 Å². The number of non-ortho nitro benzene ring substituents is 1. The van der Waals surface area contributed by atoms with E-state index in [-0.39, 0.29) is 5.69 Å². The van der Waals surface area contributed by atoms with Gasteiger partial charge in [0.25, 0.3) is 5.69 Å². The van der Waals surface area contributed by atoms with Gasteiger partial charge in [0.2, 0.25) is 0 Å². The lowest BCUT2D eigenvalue weighted by Gasteiger charge is -2.10. The number of nitrogens with zero attached hydrogens (tertiary/aromatic N) is 1. The predicted octanol–water partition coefficient (Wildman–Crippen LogP) is 3.54. The van der Waals surface area contributed by atoms with Gasteiger partial charge < -0.3 is 11.1 Å². The molecule has 0 atom stereocenters. The normalized spacial score (nSPS) is 10.2. The standard InChI is InChI=1S/C14H15N3O2/c1-9-5-10(2)7-11(6-9)16-14-4-3-12(17(18)19)8-13(14)15/h3-8,16H,15H2,1-2H3. The predicted molar refractivity (Wildman–Crippen MR) is 76.7 cm³/mol. The van der Waals surface area contributed by atoms with E-state index in [4.69, 9.17) is 5.73 Å². The van der Waals surface area contributed by atoms with Crippen molar-refractivity contribution in [1.29, 1.82) is 0 Å². The summed E-state index contributed by atoms with van der Waals surface area (Å²) in [5, 5.41) is 13.8. The summed E-state index contributed by atoms with van der Waals surface area (Å²) >= 11 is 0. The summed E-state index contributed by atoms with van der Waals surface area (Å²) in [6.45, 7) is 4.02. The first-order valence-electron chi connectivity index (χ1n) is 5.85. The Morgan fingerprint density at radius 2 is 1.74 bits per heavy atom. The maximum Gasteiger partial charge on any atom is 0.271 e. The van der Waals surface area contributed by atoms with E-state index < -0.39 is 4.92 Å². The fourth-order valence-electron chi connectivity index (χ4n) is 1.98. The van der Waals surface area contributed by atoms with E-state index in [1.165, 1.54) is 12.1 Å². The Labute approximate surface area is 111 Å². The summed E-state index contributed by atoms with van der Waals surface area (Å²) in [6.07, 6.45) is 0. The Bertz CT molecular complexity index is 618. The maximum atomic E-state index is 10.6. The molecule has 2 rings (SSSR count). The van der Waals surface area contributed by atoms with Crippen LogP contribution in [-0.4, -0.2) is 4.92 Å². The highest BCUT2D eigenvalue weighted by molar-refractivity contribution is 5.75. The van der Waals surface area contributed by atoms with Crippen molar-refractivity contribution in [2.24, 2.45) is 0 Å². The third-order valence-corrected chi connectivity index (χ3v) is 2.75.